The average Bonchev–Trinajstić information content (AvgIpc) is 2.38. The SMILES string of the molecule is Cc1ccnc(-c2cnc3ccccc3c2)c1. The van der Waals surface area contributed by atoms with Crippen LogP contribution in [-0.2, 0) is 0 Å². The van der Waals surface area contributed by atoms with Crippen LogP contribution >= 0.6 is 0 Å². The molecule has 0 N–H and O–H groups in total. The third-order valence-corrected chi connectivity index (χ3v) is 2.80. The lowest BCUT2D eigenvalue weighted by Crippen LogP contribution is -1.86. The number of nitrogens with zero attached hydrogens (tertiary/aromatic N) is 2. The lowest BCUT2D eigenvalue weighted by Gasteiger charge is -2.03. The first-order valence-electron chi connectivity index (χ1n) is 5.61. The second-order valence-corrected chi connectivity index (χ2v) is 4.14. The van der Waals surface area contributed by atoms with Crippen molar-refractivity contribution < 1.29 is 0 Å². The summed E-state index contributed by atoms with van der Waals surface area (Å²) in [6.07, 6.45) is 3.71. The van der Waals surface area contributed by atoms with Crippen molar-refractivity contribution in [2.45, 2.75) is 6.92 Å². The maximum Gasteiger partial charge on any atom is 0.0720 e. The van der Waals surface area contributed by atoms with Gasteiger partial charge in [0, 0.05) is 23.3 Å². The zero-order valence-corrected chi connectivity index (χ0v) is 9.59. The van der Waals surface area contributed by atoms with Crippen molar-refractivity contribution in [3.05, 3.63) is 60.4 Å². The van der Waals surface area contributed by atoms with Crippen molar-refractivity contribution in [2.24, 2.45) is 0 Å². The minimum Gasteiger partial charge on any atom is -0.256 e. The molecule has 0 aliphatic rings. The molecule has 2 heterocycles. The Morgan fingerprint density at radius 1 is 0.941 bits per heavy atom. The van der Waals surface area contributed by atoms with E-state index >= 15 is 0 Å². The van der Waals surface area contributed by atoms with Crippen LogP contribution in [0.2, 0.25) is 0 Å². The molecule has 0 aliphatic carbocycles. The molecule has 82 valence electrons. The summed E-state index contributed by atoms with van der Waals surface area (Å²) in [5.74, 6) is 0. The van der Waals surface area contributed by atoms with Gasteiger partial charge in [0.05, 0.1) is 11.2 Å². The van der Waals surface area contributed by atoms with Gasteiger partial charge in [0.25, 0.3) is 0 Å². The average molecular weight is 220 g/mol. The fraction of sp³-hybridized carbons (Fsp3) is 0.0667. The number of aryl methyl sites for hydroxylation is 1. The van der Waals surface area contributed by atoms with Gasteiger partial charge in [-0.15, -0.1) is 0 Å². The smallest absolute Gasteiger partial charge is 0.0720 e. The van der Waals surface area contributed by atoms with Gasteiger partial charge in [0.1, 0.15) is 0 Å². The molecule has 0 radical (unpaired) electrons. The molecule has 0 fully saturated rings. The van der Waals surface area contributed by atoms with Crippen LogP contribution in [0.3, 0.4) is 0 Å². The van der Waals surface area contributed by atoms with Gasteiger partial charge >= 0.3 is 0 Å². The fourth-order valence-corrected chi connectivity index (χ4v) is 1.91. The van der Waals surface area contributed by atoms with E-state index in [1.165, 1.54) is 5.56 Å². The van der Waals surface area contributed by atoms with Gasteiger partial charge < -0.3 is 0 Å². The summed E-state index contributed by atoms with van der Waals surface area (Å²) in [6.45, 7) is 2.07. The molecule has 0 saturated heterocycles. The van der Waals surface area contributed by atoms with Crippen LogP contribution in [0.1, 0.15) is 5.56 Å². The summed E-state index contributed by atoms with van der Waals surface area (Å²) in [7, 11) is 0. The van der Waals surface area contributed by atoms with Gasteiger partial charge in [-0.1, -0.05) is 18.2 Å². The first kappa shape index (κ1) is 9.97. The highest BCUT2D eigenvalue weighted by Crippen LogP contribution is 2.21. The summed E-state index contributed by atoms with van der Waals surface area (Å²) in [4.78, 5) is 8.82. The monoisotopic (exact) mass is 220 g/mol. The van der Waals surface area contributed by atoms with Crippen LogP contribution in [0, 0.1) is 6.92 Å². The molecule has 2 heteroatoms. The van der Waals surface area contributed by atoms with E-state index < -0.39 is 0 Å². The predicted octanol–water partition coefficient (Wildman–Crippen LogP) is 3.61. The Balaban J connectivity index is 2.18. The molecule has 3 rings (SSSR count). The zero-order chi connectivity index (χ0) is 11.7. The quantitative estimate of drug-likeness (QED) is 0.626. The van der Waals surface area contributed by atoms with Crippen molar-refractivity contribution in [1.29, 1.82) is 0 Å². The first-order valence-corrected chi connectivity index (χ1v) is 5.61. The Hall–Kier alpha value is -2.22. The van der Waals surface area contributed by atoms with Crippen LogP contribution in [-0.4, -0.2) is 9.97 Å². The molecule has 0 unspecified atom stereocenters. The number of fused-ring (bicyclic) bond motifs is 1. The van der Waals surface area contributed by atoms with Crippen LogP contribution in [0.25, 0.3) is 22.2 Å². The van der Waals surface area contributed by atoms with Gasteiger partial charge in [0.2, 0.25) is 0 Å². The van der Waals surface area contributed by atoms with Crippen LogP contribution < -0.4 is 0 Å². The maximum absolute atomic E-state index is 4.45. The lowest BCUT2D eigenvalue weighted by atomic mass is 10.1. The highest BCUT2D eigenvalue weighted by Gasteiger charge is 2.01. The Labute approximate surface area is 100.0 Å². The van der Waals surface area contributed by atoms with Crippen molar-refractivity contribution in [3.8, 4) is 11.3 Å². The van der Waals surface area contributed by atoms with E-state index in [-0.39, 0.29) is 0 Å². The van der Waals surface area contributed by atoms with E-state index in [1.807, 2.05) is 36.7 Å². The second kappa shape index (κ2) is 3.98. The third-order valence-electron chi connectivity index (χ3n) is 2.80. The molecule has 0 saturated carbocycles. The largest absolute Gasteiger partial charge is 0.256 e. The number of para-hydroxylation sites is 1. The van der Waals surface area contributed by atoms with Crippen molar-refractivity contribution in [3.63, 3.8) is 0 Å². The molecule has 2 aromatic heterocycles. The highest BCUT2D eigenvalue weighted by molar-refractivity contribution is 5.82. The molecule has 0 spiro atoms. The zero-order valence-electron chi connectivity index (χ0n) is 9.59. The van der Waals surface area contributed by atoms with E-state index in [9.17, 15) is 0 Å². The van der Waals surface area contributed by atoms with Gasteiger partial charge in [-0.2, -0.15) is 0 Å². The van der Waals surface area contributed by atoms with Crippen LogP contribution in [0.4, 0.5) is 0 Å². The molecule has 17 heavy (non-hydrogen) atoms. The summed E-state index contributed by atoms with van der Waals surface area (Å²) < 4.78 is 0. The number of pyridine rings is 2. The molecule has 0 atom stereocenters. The van der Waals surface area contributed by atoms with Gasteiger partial charge in [-0.25, -0.2) is 0 Å². The summed E-state index contributed by atoms with van der Waals surface area (Å²) in [6, 6.07) is 14.3. The lowest BCUT2D eigenvalue weighted by molar-refractivity contribution is 1.27. The fourth-order valence-electron chi connectivity index (χ4n) is 1.91. The molecular weight excluding hydrogens is 208 g/mol. The number of benzene rings is 1. The van der Waals surface area contributed by atoms with Crippen molar-refractivity contribution >= 4 is 10.9 Å². The highest BCUT2D eigenvalue weighted by atomic mass is 14.7. The molecule has 1 aromatic carbocycles. The Morgan fingerprint density at radius 2 is 1.82 bits per heavy atom. The third kappa shape index (κ3) is 1.89. The molecule has 0 amide bonds. The van der Waals surface area contributed by atoms with Crippen LogP contribution in [0.5, 0.6) is 0 Å². The predicted molar refractivity (Wildman–Crippen MR) is 69.7 cm³/mol. The number of hydrogen-bond acceptors (Lipinski definition) is 2. The van der Waals surface area contributed by atoms with Crippen molar-refractivity contribution in [1.82, 2.24) is 9.97 Å². The van der Waals surface area contributed by atoms with E-state index in [4.69, 9.17) is 0 Å². The van der Waals surface area contributed by atoms with Gasteiger partial charge in [-0.05, 0) is 36.8 Å². The Bertz CT molecular complexity index is 674. The standard InChI is InChI=1S/C15H12N2/c1-11-6-7-16-15(8-11)13-9-12-4-2-3-5-14(12)17-10-13/h2-10H,1H3. The summed E-state index contributed by atoms with van der Waals surface area (Å²) in [5, 5.41) is 1.15. The molecular formula is C15H12N2. The Kier molecular flexibility index (Phi) is 2.33. The maximum atomic E-state index is 4.45. The Morgan fingerprint density at radius 3 is 2.71 bits per heavy atom. The molecule has 0 bridgehead atoms. The van der Waals surface area contributed by atoms with E-state index in [0.717, 1.165) is 22.2 Å². The topological polar surface area (TPSA) is 25.8 Å². The van der Waals surface area contributed by atoms with Crippen LogP contribution in [0.15, 0.2) is 54.9 Å². The normalized spacial score (nSPS) is 10.6. The number of aromatic nitrogens is 2. The summed E-state index contributed by atoms with van der Waals surface area (Å²) in [5.41, 5.74) is 4.27. The second-order valence-electron chi connectivity index (χ2n) is 4.14. The van der Waals surface area contributed by atoms with E-state index in [2.05, 4.69) is 35.1 Å². The summed E-state index contributed by atoms with van der Waals surface area (Å²) >= 11 is 0. The van der Waals surface area contributed by atoms with Crippen molar-refractivity contribution in [2.75, 3.05) is 0 Å². The van der Waals surface area contributed by atoms with Gasteiger partial charge in [0.15, 0.2) is 0 Å². The molecule has 3 aromatic rings. The molecule has 0 aliphatic heterocycles. The number of hydrogen-bond donors (Lipinski definition) is 0. The van der Waals surface area contributed by atoms with Gasteiger partial charge in [-0.3, -0.25) is 9.97 Å². The van der Waals surface area contributed by atoms with E-state index in [0.29, 0.717) is 0 Å². The van der Waals surface area contributed by atoms with E-state index in [1.54, 1.807) is 0 Å². The minimum atomic E-state index is 0.975. The first-order chi connectivity index (χ1) is 8.33. The number of rotatable bonds is 1. The molecule has 2 nitrogen and oxygen atoms in total. The minimum absolute atomic E-state index is 0.975.